The summed E-state index contributed by atoms with van der Waals surface area (Å²) in [5.74, 6) is 8.18. The summed E-state index contributed by atoms with van der Waals surface area (Å²) in [5, 5.41) is 0. The Bertz CT molecular complexity index is 1930. The Balaban J connectivity index is 1.17. The van der Waals surface area contributed by atoms with Gasteiger partial charge in [-0.3, -0.25) is 0 Å². The molecular weight excluding hydrogens is 685 g/mol. The average Bonchev–Trinajstić information content (AvgIpc) is 3.53. The minimum Gasteiger partial charge on any atom is -0.458 e. The van der Waals surface area contributed by atoms with Crippen LogP contribution in [0.2, 0.25) is 0 Å². The fraction of sp³-hybridized carbons (Fsp3) is 0.538. The first-order valence-corrected chi connectivity index (χ1v) is 22.0. The minimum atomic E-state index is -0.163. The summed E-state index contributed by atoms with van der Waals surface area (Å²) >= 11 is 0. The number of hydrogen-bond donors (Lipinski definition) is 2. The molecule has 0 bridgehead atoms. The lowest BCUT2D eigenvalue weighted by atomic mass is 9.42. The second kappa shape index (κ2) is 16.5. The van der Waals surface area contributed by atoms with E-state index in [0.717, 1.165) is 71.1 Å². The zero-order valence-corrected chi connectivity index (χ0v) is 35.6. The van der Waals surface area contributed by atoms with Crippen LogP contribution >= 0.6 is 0 Å². The van der Waals surface area contributed by atoms with Crippen molar-refractivity contribution >= 4 is 5.69 Å². The zero-order valence-electron chi connectivity index (χ0n) is 35.6. The highest BCUT2D eigenvalue weighted by atomic mass is 16.5. The minimum absolute atomic E-state index is 0.163. The third-order valence-electron chi connectivity index (χ3n) is 15.7. The largest absolute Gasteiger partial charge is 0.458 e. The van der Waals surface area contributed by atoms with Crippen molar-refractivity contribution in [1.82, 2.24) is 0 Å². The summed E-state index contributed by atoms with van der Waals surface area (Å²) in [6.45, 7) is 16.4. The Morgan fingerprint density at radius 2 is 1.48 bits per heavy atom. The van der Waals surface area contributed by atoms with Gasteiger partial charge in [0.15, 0.2) is 0 Å². The van der Waals surface area contributed by atoms with Crippen molar-refractivity contribution in [2.24, 2.45) is 52.1 Å². The molecule has 0 aliphatic heterocycles. The zero-order chi connectivity index (χ0) is 39.7. The van der Waals surface area contributed by atoms with Crippen LogP contribution in [0.1, 0.15) is 137 Å². The first kappa shape index (κ1) is 40.3. The molecule has 0 aromatic heterocycles. The summed E-state index contributed by atoms with van der Waals surface area (Å²) in [6.07, 6.45) is 22.2. The van der Waals surface area contributed by atoms with Gasteiger partial charge in [-0.25, -0.2) is 0 Å². The average molecular weight is 755 g/mol. The second-order valence-electron chi connectivity index (χ2n) is 19.3. The topological polar surface area (TPSA) is 70.5 Å². The number of benzene rings is 3. The van der Waals surface area contributed by atoms with E-state index < -0.39 is 0 Å². The van der Waals surface area contributed by atoms with Crippen LogP contribution < -0.4 is 20.9 Å². The molecule has 0 radical (unpaired) electrons. The molecule has 4 aliphatic carbocycles. The van der Waals surface area contributed by atoms with E-state index in [9.17, 15) is 0 Å². The van der Waals surface area contributed by atoms with Crippen LogP contribution in [-0.2, 0) is 5.41 Å². The molecule has 4 aliphatic rings. The van der Waals surface area contributed by atoms with E-state index in [-0.39, 0.29) is 5.41 Å². The van der Waals surface area contributed by atoms with Crippen LogP contribution in [0.3, 0.4) is 0 Å². The predicted octanol–water partition coefficient (Wildman–Crippen LogP) is 13.9. The summed E-state index contributed by atoms with van der Waals surface area (Å²) in [7, 11) is 0. The molecule has 0 heterocycles. The summed E-state index contributed by atoms with van der Waals surface area (Å²) in [4.78, 5) is 0. The van der Waals surface area contributed by atoms with E-state index in [1.165, 1.54) is 80.9 Å². The number of fused-ring (bicyclic) bond motifs is 5. The Labute approximate surface area is 339 Å². The lowest BCUT2D eigenvalue weighted by Crippen LogP contribution is -2.55. The van der Waals surface area contributed by atoms with Gasteiger partial charge in [-0.2, -0.15) is 0 Å². The third kappa shape index (κ3) is 7.96. The molecule has 56 heavy (non-hydrogen) atoms. The molecule has 4 nitrogen and oxygen atoms in total. The van der Waals surface area contributed by atoms with E-state index in [2.05, 4.69) is 89.2 Å². The first-order valence-electron chi connectivity index (χ1n) is 22.0. The van der Waals surface area contributed by atoms with E-state index in [1.807, 2.05) is 50.3 Å². The van der Waals surface area contributed by atoms with Crippen LogP contribution in [0, 0.1) is 46.3 Å². The molecule has 3 aromatic carbocycles. The monoisotopic (exact) mass is 755 g/mol. The number of unbranched alkanes of at least 4 members (excludes halogenated alkanes) is 1. The maximum atomic E-state index is 6.48. The van der Waals surface area contributed by atoms with E-state index >= 15 is 0 Å². The quantitative estimate of drug-likeness (QED) is 0.0635. The van der Waals surface area contributed by atoms with Crippen LogP contribution in [0.15, 0.2) is 108 Å². The van der Waals surface area contributed by atoms with E-state index in [0.29, 0.717) is 22.4 Å². The van der Waals surface area contributed by atoms with Crippen LogP contribution in [0.5, 0.6) is 17.2 Å². The molecule has 4 saturated carbocycles. The Morgan fingerprint density at radius 3 is 2.18 bits per heavy atom. The van der Waals surface area contributed by atoms with Gasteiger partial charge in [-0.05, 0) is 204 Å². The maximum Gasteiger partial charge on any atom is 0.129 e. The van der Waals surface area contributed by atoms with Gasteiger partial charge in [0.1, 0.15) is 23.0 Å². The highest BCUT2D eigenvalue weighted by molar-refractivity contribution is 5.49. The van der Waals surface area contributed by atoms with E-state index in [1.54, 1.807) is 0 Å². The van der Waals surface area contributed by atoms with Crippen LogP contribution in [0.25, 0.3) is 0 Å². The number of rotatable bonds is 12. The van der Waals surface area contributed by atoms with Gasteiger partial charge in [0, 0.05) is 22.9 Å². The van der Waals surface area contributed by atoms with Gasteiger partial charge >= 0.3 is 0 Å². The standard InChI is InChI=1S/C52H70N2O2/c1-8-42(30-37(5)53)55-43-19-11-16-38(31-43)52(39-17-12-20-44(32-39)56-45-21-13-18-41(54)33-45)29-28-50(6)40(34-52)22-23-46-48-25-24-47(51(48,7)27-26-49(46)50)36(4)15-10-9-14-35(2)3/h8,11-14,16-21,30-33,36,40,46-49H,9-10,15,22-29,34,53-54H2,1-7H3/b37-30+,42-8+. The molecular formula is C52H70N2O2. The Kier molecular flexibility index (Phi) is 11.9. The number of nitrogen functional groups attached to an aromatic ring is 1. The molecule has 9 unspecified atom stereocenters. The second-order valence-corrected chi connectivity index (χ2v) is 19.3. The van der Waals surface area contributed by atoms with Crippen molar-refractivity contribution in [1.29, 1.82) is 0 Å². The predicted molar refractivity (Wildman–Crippen MR) is 235 cm³/mol. The molecule has 4 N–H and O–H groups in total. The molecule has 4 heteroatoms. The fourth-order valence-electron chi connectivity index (χ4n) is 12.9. The molecule has 4 fully saturated rings. The molecule has 9 atom stereocenters. The van der Waals surface area contributed by atoms with Crippen molar-refractivity contribution in [3.8, 4) is 17.2 Å². The smallest absolute Gasteiger partial charge is 0.129 e. The van der Waals surface area contributed by atoms with Crippen LogP contribution in [-0.4, -0.2) is 0 Å². The summed E-state index contributed by atoms with van der Waals surface area (Å²) in [5.41, 5.74) is 18.5. The number of anilines is 1. The van der Waals surface area contributed by atoms with Gasteiger partial charge in [0.2, 0.25) is 0 Å². The SMILES string of the molecule is C/C=C(\C=C(/C)N)Oc1cccc(C2(c3cccc(Oc4cccc(N)c4)c3)CCC3(C)C(CCC4C3CCC3(C)C(C(C)CCCC=C(C)C)CCC43)C2)c1. The van der Waals surface area contributed by atoms with Crippen molar-refractivity contribution in [2.45, 2.75) is 131 Å². The molecule has 0 amide bonds. The van der Waals surface area contributed by atoms with Gasteiger partial charge in [0.25, 0.3) is 0 Å². The van der Waals surface area contributed by atoms with E-state index in [4.69, 9.17) is 20.9 Å². The maximum absolute atomic E-state index is 6.48. The van der Waals surface area contributed by atoms with Gasteiger partial charge in [-0.15, -0.1) is 0 Å². The van der Waals surface area contributed by atoms with Gasteiger partial charge in [-0.1, -0.05) is 69.2 Å². The summed E-state index contributed by atoms with van der Waals surface area (Å²) in [6, 6.07) is 25.5. The van der Waals surface area contributed by atoms with Crippen molar-refractivity contribution in [3.05, 3.63) is 119 Å². The number of allylic oxidation sites excluding steroid dienone is 5. The Hall–Kier alpha value is -3.92. The molecule has 300 valence electrons. The van der Waals surface area contributed by atoms with Crippen molar-refractivity contribution in [2.75, 3.05) is 5.73 Å². The molecule has 0 saturated heterocycles. The lowest BCUT2D eigenvalue weighted by Gasteiger charge is -2.63. The number of nitrogens with two attached hydrogens (primary N) is 2. The van der Waals surface area contributed by atoms with Gasteiger partial charge < -0.3 is 20.9 Å². The third-order valence-corrected chi connectivity index (χ3v) is 15.7. The van der Waals surface area contributed by atoms with Crippen molar-refractivity contribution in [3.63, 3.8) is 0 Å². The molecule has 7 rings (SSSR count). The fourth-order valence-corrected chi connectivity index (χ4v) is 12.9. The number of hydrogen-bond acceptors (Lipinski definition) is 4. The van der Waals surface area contributed by atoms with Crippen molar-refractivity contribution < 1.29 is 9.47 Å². The normalized spacial score (nSPS) is 32.1. The number of ether oxygens (including phenoxy) is 2. The lowest BCUT2D eigenvalue weighted by molar-refractivity contribution is -0.122. The molecule has 3 aromatic rings. The molecule has 0 spiro atoms. The Morgan fingerprint density at radius 1 is 0.804 bits per heavy atom. The highest BCUT2D eigenvalue weighted by Crippen LogP contribution is 2.70. The highest BCUT2D eigenvalue weighted by Gasteiger charge is 2.62. The van der Waals surface area contributed by atoms with Crippen LogP contribution in [0.4, 0.5) is 5.69 Å². The summed E-state index contributed by atoms with van der Waals surface area (Å²) < 4.78 is 13.0. The first-order chi connectivity index (χ1) is 26.8. The van der Waals surface area contributed by atoms with Gasteiger partial charge in [0.05, 0.1) is 0 Å².